The molecule has 0 bridgehead atoms. The summed E-state index contributed by atoms with van der Waals surface area (Å²) >= 11 is 12.7. The van der Waals surface area contributed by atoms with Crippen LogP contribution >= 0.6 is 45.8 Å². The van der Waals surface area contributed by atoms with E-state index < -0.39 is 31.8 Å². The van der Waals surface area contributed by atoms with Gasteiger partial charge in [0.15, 0.2) is 16.8 Å². The van der Waals surface area contributed by atoms with Crippen molar-refractivity contribution in [2.75, 3.05) is 32.6 Å². The summed E-state index contributed by atoms with van der Waals surface area (Å²) in [5, 5.41) is 2.12. The minimum absolute atomic E-state index is 0. The molecule has 1 N–H and O–H groups in total. The van der Waals surface area contributed by atoms with Crippen molar-refractivity contribution in [3.63, 3.8) is 0 Å². The number of anilines is 1. The monoisotopic (exact) mass is 736 g/mol. The van der Waals surface area contributed by atoms with Gasteiger partial charge in [0, 0.05) is 16.7 Å². The fourth-order valence-corrected chi connectivity index (χ4v) is 4.62. The molecule has 0 fully saturated rings. The number of esters is 1. The summed E-state index contributed by atoms with van der Waals surface area (Å²) in [6.07, 6.45) is 3.22. The number of nitrogens with zero attached hydrogens (tertiary/aromatic N) is 5. The molecule has 0 aliphatic rings. The molecule has 0 aliphatic carbocycles. The number of carbonyl (C=O) groups is 3. The van der Waals surface area contributed by atoms with Crippen LogP contribution < -0.4 is 39.6 Å². The minimum atomic E-state index is -4.51. The third-order valence-electron chi connectivity index (χ3n) is 4.16. The summed E-state index contributed by atoms with van der Waals surface area (Å²) in [4.78, 5) is 46.5. The summed E-state index contributed by atoms with van der Waals surface area (Å²) in [6, 6.07) is 2.68. The summed E-state index contributed by atoms with van der Waals surface area (Å²) in [5.74, 6) is -1.19. The second-order valence-corrected chi connectivity index (χ2v) is 10.9. The van der Waals surface area contributed by atoms with E-state index in [1.54, 1.807) is 12.2 Å². The molecule has 0 atom stereocenters. The maximum Gasteiger partial charge on any atom is 1.00 e. The van der Waals surface area contributed by atoms with E-state index in [9.17, 15) is 22.8 Å². The summed E-state index contributed by atoms with van der Waals surface area (Å²) < 4.78 is 38.1. The van der Waals surface area contributed by atoms with Crippen LogP contribution in [0.5, 0.6) is 6.01 Å². The first-order valence-electron chi connectivity index (χ1n) is 10.5. The van der Waals surface area contributed by atoms with Gasteiger partial charge in [-0.3, -0.25) is 9.59 Å². The van der Waals surface area contributed by atoms with Crippen molar-refractivity contribution in [2.45, 2.75) is 16.7 Å². The number of halogens is 3. The Balaban J connectivity index is 0.000000993. The van der Waals surface area contributed by atoms with Crippen LogP contribution in [0.3, 0.4) is 0 Å². The van der Waals surface area contributed by atoms with Crippen molar-refractivity contribution < 1.29 is 61.8 Å². The topological polar surface area (TPSA) is 172 Å². The Hall–Kier alpha value is -2.02. The van der Waals surface area contributed by atoms with Crippen molar-refractivity contribution in [3.8, 4) is 6.01 Å². The van der Waals surface area contributed by atoms with Crippen LogP contribution in [0.1, 0.15) is 16.2 Å². The van der Waals surface area contributed by atoms with Gasteiger partial charge in [-0.15, -0.1) is 13.2 Å². The smallest absolute Gasteiger partial charge is 0.467 e. The van der Waals surface area contributed by atoms with Gasteiger partial charge in [0.25, 0.3) is 5.91 Å². The molecule has 40 heavy (non-hydrogen) atoms. The van der Waals surface area contributed by atoms with Crippen LogP contribution in [-0.2, 0) is 19.6 Å². The first-order chi connectivity index (χ1) is 18.3. The van der Waals surface area contributed by atoms with Crippen molar-refractivity contribution in [3.05, 3.63) is 63.2 Å². The predicted molar refractivity (Wildman–Crippen MR) is 154 cm³/mol. The second-order valence-electron chi connectivity index (χ2n) is 6.94. The SMILES string of the molecule is C=CCN(CC=C)C(=O)C(Cl)Cl.COC(=O)c1ccc(I)cc1S(=O)(=O)[N-]C(=O)Nc1nc(C)nc(OC)n1.[Na+]. The average molecular weight is 737 g/mol. The molecule has 2 aromatic rings. The molecule has 0 saturated heterocycles. The maximum atomic E-state index is 12.5. The Morgan fingerprint density at radius 1 is 1.15 bits per heavy atom. The Labute approximate surface area is 277 Å². The summed E-state index contributed by atoms with van der Waals surface area (Å²) in [5.41, 5.74) is -0.243. The van der Waals surface area contributed by atoms with Gasteiger partial charge in [0.05, 0.1) is 24.7 Å². The molecule has 0 saturated carbocycles. The quantitative estimate of drug-likeness (QED) is 0.121. The van der Waals surface area contributed by atoms with Crippen LogP contribution in [-0.4, -0.2) is 78.3 Å². The zero-order valence-corrected chi connectivity index (χ0v) is 28.4. The number of hydrogen-bond acceptors (Lipinski definition) is 10. The number of alkyl halides is 2. The Kier molecular flexibility index (Phi) is 17.5. The fraction of sp³-hybridized carbons (Fsp3) is 0.273. The van der Waals surface area contributed by atoms with E-state index >= 15 is 0 Å². The van der Waals surface area contributed by atoms with Crippen LogP contribution in [0.2, 0.25) is 0 Å². The molecule has 1 heterocycles. The first-order valence-corrected chi connectivity index (χ1v) is 13.9. The zero-order chi connectivity index (χ0) is 29.8. The third kappa shape index (κ3) is 12.2. The number of methoxy groups -OCH3 is 2. The average Bonchev–Trinajstić information content (AvgIpc) is 2.87. The number of nitrogens with one attached hydrogen (secondary N) is 1. The first kappa shape index (κ1) is 38.0. The van der Waals surface area contributed by atoms with Gasteiger partial charge in [-0.25, -0.2) is 18.2 Å². The minimum Gasteiger partial charge on any atom is -0.467 e. The molecule has 0 spiro atoms. The van der Waals surface area contributed by atoms with Crippen molar-refractivity contribution in [1.82, 2.24) is 19.9 Å². The normalized spacial score (nSPS) is 10.2. The molecule has 18 heteroatoms. The Morgan fingerprint density at radius 2 is 1.75 bits per heavy atom. The van der Waals surface area contributed by atoms with Gasteiger partial charge < -0.3 is 24.4 Å². The second kappa shape index (κ2) is 18.4. The number of benzene rings is 1. The number of amides is 3. The van der Waals surface area contributed by atoms with E-state index in [1.165, 1.54) is 37.1 Å². The molecule has 1 aromatic carbocycles. The van der Waals surface area contributed by atoms with Crippen LogP contribution in [0, 0.1) is 10.5 Å². The number of rotatable bonds is 10. The molecular weight excluding hydrogens is 713 g/mol. The van der Waals surface area contributed by atoms with Crippen molar-refractivity contribution in [1.29, 1.82) is 0 Å². The largest absolute Gasteiger partial charge is 1.00 e. The Morgan fingerprint density at radius 3 is 2.25 bits per heavy atom. The van der Waals surface area contributed by atoms with Gasteiger partial charge in [-0.05, 0) is 47.7 Å². The van der Waals surface area contributed by atoms with E-state index in [0.29, 0.717) is 16.7 Å². The molecule has 13 nitrogen and oxygen atoms in total. The predicted octanol–water partition coefficient (Wildman–Crippen LogP) is 0.869. The number of urea groups is 1. The van der Waals surface area contributed by atoms with Crippen molar-refractivity contribution >= 4 is 79.7 Å². The Bertz CT molecular complexity index is 1320. The van der Waals surface area contributed by atoms with Gasteiger partial charge in [0.1, 0.15) is 5.82 Å². The molecule has 0 aliphatic heterocycles. The molecule has 3 amide bonds. The number of carbonyl (C=O) groups excluding carboxylic acids is 3. The molecule has 1 aromatic heterocycles. The fourth-order valence-electron chi connectivity index (χ4n) is 2.57. The van der Waals surface area contributed by atoms with E-state index in [1.807, 2.05) is 22.6 Å². The molecular formula is C22H24Cl2IN6NaO7S. The van der Waals surface area contributed by atoms with Crippen LogP contribution in [0.15, 0.2) is 48.4 Å². The maximum absolute atomic E-state index is 12.5. The summed E-state index contributed by atoms with van der Waals surface area (Å²) in [6.45, 7) is 9.41. The van der Waals surface area contributed by atoms with Crippen molar-refractivity contribution in [2.24, 2.45) is 0 Å². The van der Waals surface area contributed by atoms with E-state index in [2.05, 4.69) is 42.9 Å². The van der Waals surface area contributed by atoms with Crippen LogP contribution in [0.25, 0.3) is 4.72 Å². The number of aromatic nitrogens is 3. The number of sulfonamides is 1. The third-order valence-corrected chi connectivity index (χ3v) is 6.50. The standard InChI is InChI=1S/C14H14IN5O6S.C8H11Cl2NO.Na/c1-7-16-12(19-14(17-7)26-3)18-13(22)20-27(23,24)10-6-8(15)4-5-9(10)11(21)25-2;1-3-5-11(6-4-2)8(12)7(9)10;/h4-6H,1-3H3,(H2,16,17,18,19,20,22);3-4,7H,1-2,5-6H2;/q;;+1/p-1. The van der Waals surface area contributed by atoms with E-state index in [4.69, 9.17) is 27.9 Å². The van der Waals surface area contributed by atoms with Gasteiger partial charge >= 0.3 is 41.5 Å². The molecule has 2 rings (SSSR count). The summed E-state index contributed by atoms with van der Waals surface area (Å²) in [7, 11) is -2.08. The van der Waals surface area contributed by atoms with Crippen LogP contribution in [0.4, 0.5) is 10.7 Å². The number of ether oxygens (including phenoxy) is 2. The van der Waals surface area contributed by atoms with E-state index in [0.717, 1.165) is 7.11 Å². The molecule has 0 unspecified atom stereocenters. The van der Waals surface area contributed by atoms with E-state index in [-0.39, 0.29) is 58.8 Å². The molecule has 212 valence electrons. The van der Waals surface area contributed by atoms with Gasteiger partial charge in [-0.1, -0.05) is 35.4 Å². The molecule has 0 radical (unpaired) electrons. The number of hydrogen-bond donors (Lipinski definition) is 1. The van der Waals surface area contributed by atoms with Gasteiger partial charge in [-0.2, -0.15) is 9.97 Å². The zero-order valence-electron chi connectivity index (χ0n) is 21.9. The van der Waals surface area contributed by atoms with Gasteiger partial charge in [0.2, 0.25) is 10.0 Å². The number of aryl methyl sites for hydroxylation is 1.